The van der Waals surface area contributed by atoms with Crippen molar-refractivity contribution in [1.29, 1.82) is 0 Å². The highest BCUT2D eigenvalue weighted by Gasteiger charge is 2.34. The van der Waals surface area contributed by atoms with E-state index >= 15 is 0 Å². The van der Waals surface area contributed by atoms with Gasteiger partial charge in [-0.05, 0) is 43.0 Å². The van der Waals surface area contributed by atoms with E-state index in [1.807, 2.05) is 0 Å². The Hall–Kier alpha value is -1.11. The summed E-state index contributed by atoms with van der Waals surface area (Å²) in [4.78, 5) is 1.96. The van der Waals surface area contributed by atoms with Crippen LogP contribution >= 0.6 is 0 Å². The van der Waals surface area contributed by atoms with Gasteiger partial charge in [0.25, 0.3) is 0 Å². The molecule has 1 heterocycles. The lowest BCUT2D eigenvalue weighted by Crippen LogP contribution is -3.18. The summed E-state index contributed by atoms with van der Waals surface area (Å²) in [5.41, 5.74) is 0. The number of ether oxygens (including phenoxy) is 1. The second-order valence-corrected chi connectivity index (χ2v) is 9.14. The van der Waals surface area contributed by atoms with Crippen LogP contribution in [0.2, 0.25) is 0 Å². The minimum atomic E-state index is -3.39. The monoisotopic (exact) mass is 353 g/mol. The molecule has 2 atom stereocenters. The SMILES string of the molecule is COc1ccc(S(=O)(=O)N2CC[NH+]([C@@H]3CCC[C@@H](C)C3)CC2)cc1. The Balaban J connectivity index is 1.62. The molecule has 134 valence electrons. The molecule has 0 radical (unpaired) electrons. The molecule has 1 aromatic carbocycles. The van der Waals surface area contributed by atoms with Crippen molar-refractivity contribution in [2.24, 2.45) is 5.92 Å². The van der Waals surface area contributed by atoms with E-state index in [0.29, 0.717) is 23.7 Å². The predicted molar refractivity (Wildman–Crippen MR) is 93.9 cm³/mol. The number of hydrogen-bond donors (Lipinski definition) is 1. The van der Waals surface area contributed by atoms with Crippen molar-refractivity contribution in [2.45, 2.75) is 43.5 Å². The van der Waals surface area contributed by atoms with Crippen molar-refractivity contribution in [2.75, 3.05) is 33.3 Å². The van der Waals surface area contributed by atoms with Gasteiger partial charge in [0.1, 0.15) is 5.75 Å². The van der Waals surface area contributed by atoms with E-state index in [0.717, 1.165) is 25.0 Å². The second-order valence-electron chi connectivity index (χ2n) is 7.21. The van der Waals surface area contributed by atoms with Crippen LogP contribution in [0.4, 0.5) is 0 Å². The standard InChI is InChI=1S/C18H28N2O3S/c1-15-4-3-5-16(14-15)19-10-12-20(13-11-19)24(21,22)18-8-6-17(23-2)7-9-18/h6-9,15-16H,3-5,10-14H2,1-2H3/p+1/t15-,16-/m1/s1. The number of methoxy groups -OCH3 is 1. The third kappa shape index (κ3) is 3.76. The fourth-order valence-electron chi connectivity index (χ4n) is 4.12. The molecule has 0 unspecified atom stereocenters. The van der Waals surface area contributed by atoms with E-state index < -0.39 is 10.0 Å². The Morgan fingerprint density at radius 1 is 1.12 bits per heavy atom. The Kier molecular flexibility index (Phi) is 5.47. The Bertz CT molecular complexity index is 637. The summed E-state index contributed by atoms with van der Waals surface area (Å²) in [5.74, 6) is 1.49. The molecule has 0 aromatic heterocycles. The predicted octanol–water partition coefficient (Wildman–Crippen LogP) is 1.16. The van der Waals surface area contributed by atoms with Gasteiger partial charge >= 0.3 is 0 Å². The first kappa shape index (κ1) is 17.7. The summed E-state index contributed by atoms with van der Waals surface area (Å²) in [7, 11) is -1.81. The maximum Gasteiger partial charge on any atom is 0.243 e. The van der Waals surface area contributed by atoms with Crippen LogP contribution in [0.15, 0.2) is 29.2 Å². The third-order valence-corrected chi connectivity index (χ3v) is 7.49. The average Bonchev–Trinajstić information content (AvgIpc) is 2.62. The Morgan fingerprint density at radius 2 is 1.79 bits per heavy atom. The van der Waals surface area contributed by atoms with Crippen LogP contribution in [0.25, 0.3) is 0 Å². The number of quaternary nitrogens is 1. The van der Waals surface area contributed by atoms with Crippen molar-refractivity contribution >= 4 is 10.0 Å². The van der Waals surface area contributed by atoms with Crippen LogP contribution in [-0.4, -0.2) is 52.1 Å². The van der Waals surface area contributed by atoms with Gasteiger partial charge in [-0.3, -0.25) is 0 Å². The molecule has 1 saturated carbocycles. The van der Waals surface area contributed by atoms with Crippen molar-refractivity contribution in [1.82, 2.24) is 4.31 Å². The third-order valence-electron chi connectivity index (χ3n) is 5.58. The number of piperazine rings is 1. The van der Waals surface area contributed by atoms with Crippen LogP contribution in [0.5, 0.6) is 5.75 Å². The lowest BCUT2D eigenvalue weighted by atomic mass is 9.86. The second kappa shape index (κ2) is 7.42. The van der Waals surface area contributed by atoms with E-state index in [2.05, 4.69) is 6.92 Å². The molecule has 0 bridgehead atoms. The number of benzene rings is 1. The zero-order chi connectivity index (χ0) is 17.2. The largest absolute Gasteiger partial charge is 0.497 e. The highest BCUT2D eigenvalue weighted by atomic mass is 32.2. The van der Waals surface area contributed by atoms with Gasteiger partial charge in [-0.25, -0.2) is 8.42 Å². The van der Waals surface area contributed by atoms with Gasteiger partial charge < -0.3 is 9.64 Å². The number of nitrogens with one attached hydrogen (secondary N) is 1. The molecule has 1 N–H and O–H groups in total. The first-order valence-electron chi connectivity index (χ1n) is 8.99. The lowest BCUT2D eigenvalue weighted by molar-refractivity contribution is -0.930. The molecule has 1 aliphatic carbocycles. The molecule has 1 aliphatic heterocycles. The van der Waals surface area contributed by atoms with Gasteiger partial charge in [-0.2, -0.15) is 4.31 Å². The van der Waals surface area contributed by atoms with Gasteiger partial charge in [0, 0.05) is 6.42 Å². The summed E-state index contributed by atoms with van der Waals surface area (Å²) < 4.78 is 32.3. The quantitative estimate of drug-likeness (QED) is 0.884. The van der Waals surface area contributed by atoms with Crippen molar-refractivity contribution in [3.8, 4) is 5.75 Å². The van der Waals surface area contributed by atoms with Gasteiger partial charge in [-0.15, -0.1) is 0 Å². The van der Waals surface area contributed by atoms with Crippen LogP contribution < -0.4 is 9.64 Å². The molecular weight excluding hydrogens is 324 g/mol. The normalized spacial score (nSPS) is 27.1. The van der Waals surface area contributed by atoms with Gasteiger partial charge in [-0.1, -0.05) is 13.3 Å². The van der Waals surface area contributed by atoms with Crippen LogP contribution in [0, 0.1) is 5.92 Å². The number of rotatable bonds is 4. The molecule has 2 aliphatic rings. The Labute approximate surface area is 145 Å². The zero-order valence-corrected chi connectivity index (χ0v) is 15.5. The molecule has 2 fully saturated rings. The molecule has 0 spiro atoms. The van der Waals surface area contributed by atoms with E-state index in [1.54, 1.807) is 40.6 Å². The molecule has 1 saturated heterocycles. The van der Waals surface area contributed by atoms with Crippen LogP contribution in [0.1, 0.15) is 32.6 Å². The molecule has 5 nitrogen and oxygen atoms in total. The molecule has 1 aromatic rings. The molecule has 0 amide bonds. The summed E-state index contributed by atoms with van der Waals surface area (Å²) in [6.07, 6.45) is 5.26. The van der Waals surface area contributed by atoms with Crippen molar-refractivity contribution in [3.05, 3.63) is 24.3 Å². The van der Waals surface area contributed by atoms with Crippen molar-refractivity contribution < 1.29 is 18.1 Å². The van der Waals surface area contributed by atoms with Crippen LogP contribution in [0.3, 0.4) is 0 Å². The fourth-order valence-corrected chi connectivity index (χ4v) is 5.57. The minimum absolute atomic E-state index is 0.359. The maximum absolute atomic E-state index is 12.8. The van der Waals surface area contributed by atoms with Crippen LogP contribution in [-0.2, 0) is 10.0 Å². The number of sulfonamides is 1. The molecule has 24 heavy (non-hydrogen) atoms. The number of nitrogens with zero attached hydrogens (tertiary/aromatic N) is 1. The summed E-state index contributed by atoms with van der Waals surface area (Å²) in [6.45, 7) is 5.43. The maximum atomic E-state index is 12.8. The van der Waals surface area contributed by atoms with Gasteiger partial charge in [0.2, 0.25) is 10.0 Å². The highest BCUT2D eigenvalue weighted by Crippen LogP contribution is 2.23. The lowest BCUT2D eigenvalue weighted by Gasteiger charge is -2.38. The Morgan fingerprint density at radius 3 is 2.38 bits per heavy atom. The number of hydrogen-bond acceptors (Lipinski definition) is 3. The average molecular weight is 354 g/mol. The van der Waals surface area contributed by atoms with Gasteiger partial charge in [0.05, 0.1) is 44.2 Å². The fraction of sp³-hybridized carbons (Fsp3) is 0.667. The summed E-state index contributed by atoms with van der Waals surface area (Å²) in [5, 5.41) is 0. The smallest absolute Gasteiger partial charge is 0.243 e. The van der Waals surface area contributed by atoms with E-state index in [9.17, 15) is 8.42 Å². The summed E-state index contributed by atoms with van der Waals surface area (Å²) in [6, 6.07) is 7.40. The molecular formula is C18H29N2O3S+. The van der Waals surface area contributed by atoms with E-state index in [1.165, 1.54) is 25.7 Å². The summed E-state index contributed by atoms with van der Waals surface area (Å²) >= 11 is 0. The molecule has 6 heteroatoms. The van der Waals surface area contributed by atoms with Gasteiger partial charge in [0.15, 0.2) is 0 Å². The zero-order valence-electron chi connectivity index (χ0n) is 14.7. The van der Waals surface area contributed by atoms with E-state index in [4.69, 9.17) is 4.74 Å². The molecule has 3 rings (SSSR count). The van der Waals surface area contributed by atoms with E-state index in [-0.39, 0.29) is 0 Å². The van der Waals surface area contributed by atoms with Crippen molar-refractivity contribution in [3.63, 3.8) is 0 Å². The first-order valence-corrected chi connectivity index (χ1v) is 10.4. The highest BCUT2D eigenvalue weighted by molar-refractivity contribution is 7.89. The topological polar surface area (TPSA) is 51.1 Å². The minimum Gasteiger partial charge on any atom is -0.497 e. The first-order chi connectivity index (χ1) is 11.5.